The van der Waals surface area contributed by atoms with Gasteiger partial charge in [-0.25, -0.2) is 0 Å². The molecule has 44 heavy (non-hydrogen) atoms. The lowest BCUT2D eigenvalue weighted by Crippen LogP contribution is -2.24. The van der Waals surface area contributed by atoms with Gasteiger partial charge in [-0.05, 0) is 24.3 Å². The molecule has 4 N–H and O–H groups in total. The fourth-order valence-electron chi connectivity index (χ4n) is 5.10. The van der Waals surface area contributed by atoms with Crippen LogP contribution in [0.25, 0.3) is 0 Å². The van der Waals surface area contributed by atoms with Gasteiger partial charge in [0.2, 0.25) is 11.6 Å². The minimum Gasteiger partial charge on any atom is -0.507 e. The SMILES string of the molecule is COc1cc(OC)c(Nc2ccc(O)c3c2C(=O)c2c(O)ccc(Nc4c(OC)cc(OC)cc4OC)c2C3=O)c(OC)c1. The van der Waals surface area contributed by atoms with E-state index in [2.05, 4.69) is 10.6 Å². The van der Waals surface area contributed by atoms with Gasteiger partial charge in [-0.15, -0.1) is 0 Å². The van der Waals surface area contributed by atoms with Gasteiger partial charge >= 0.3 is 0 Å². The van der Waals surface area contributed by atoms with Crippen LogP contribution in [0.1, 0.15) is 31.8 Å². The summed E-state index contributed by atoms with van der Waals surface area (Å²) in [5, 5.41) is 28.0. The Morgan fingerprint density at radius 1 is 0.477 bits per heavy atom. The van der Waals surface area contributed by atoms with E-state index in [-0.39, 0.29) is 33.6 Å². The van der Waals surface area contributed by atoms with E-state index in [9.17, 15) is 19.8 Å². The van der Waals surface area contributed by atoms with Crippen molar-refractivity contribution in [3.8, 4) is 46.0 Å². The number of rotatable bonds is 10. The molecule has 1 aliphatic rings. The maximum atomic E-state index is 14.1. The fourth-order valence-corrected chi connectivity index (χ4v) is 5.10. The highest BCUT2D eigenvalue weighted by Crippen LogP contribution is 2.48. The van der Waals surface area contributed by atoms with Gasteiger partial charge in [0.15, 0.2) is 0 Å². The normalized spacial score (nSPS) is 11.7. The van der Waals surface area contributed by atoms with E-state index in [1.807, 2.05) is 0 Å². The summed E-state index contributed by atoms with van der Waals surface area (Å²) in [4.78, 5) is 28.3. The van der Waals surface area contributed by atoms with E-state index in [4.69, 9.17) is 28.4 Å². The number of anilines is 4. The molecule has 12 nitrogen and oxygen atoms in total. The second-order valence-corrected chi connectivity index (χ2v) is 9.49. The molecular weight excluding hydrogens is 572 g/mol. The molecule has 0 aliphatic heterocycles. The first kappa shape index (κ1) is 29.7. The average Bonchev–Trinajstić information content (AvgIpc) is 3.04. The molecule has 0 radical (unpaired) electrons. The zero-order chi connectivity index (χ0) is 31.7. The quantitative estimate of drug-likeness (QED) is 0.151. The summed E-state index contributed by atoms with van der Waals surface area (Å²) in [6.45, 7) is 0. The Kier molecular flexibility index (Phi) is 7.99. The zero-order valence-corrected chi connectivity index (χ0v) is 24.8. The van der Waals surface area contributed by atoms with Crippen LogP contribution in [-0.2, 0) is 0 Å². The maximum absolute atomic E-state index is 14.1. The Morgan fingerprint density at radius 2 is 0.795 bits per heavy atom. The van der Waals surface area contributed by atoms with Gasteiger partial charge in [-0.1, -0.05) is 0 Å². The molecular formula is C32H30N2O10. The molecule has 0 atom stereocenters. The predicted octanol–water partition coefficient (Wildman–Crippen LogP) is 5.41. The molecule has 5 rings (SSSR count). The molecule has 0 heterocycles. The number of ketones is 2. The van der Waals surface area contributed by atoms with Crippen molar-refractivity contribution in [3.05, 3.63) is 70.8 Å². The van der Waals surface area contributed by atoms with Gasteiger partial charge in [0.25, 0.3) is 0 Å². The number of nitrogens with one attached hydrogen (secondary N) is 2. The average molecular weight is 603 g/mol. The molecule has 228 valence electrons. The minimum atomic E-state index is -0.700. The van der Waals surface area contributed by atoms with Crippen LogP contribution >= 0.6 is 0 Å². The number of phenolic OH excluding ortho intramolecular Hbond substituents is 2. The first-order chi connectivity index (χ1) is 21.2. The van der Waals surface area contributed by atoms with E-state index in [1.54, 1.807) is 24.3 Å². The zero-order valence-electron chi connectivity index (χ0n) is 24.8. The third-order valence-corrected chi connectivity index (χ3v) is 7.22. The molecule has 0 unspecified atom stereocenters. The highest BCUT2D eigenvalue weighted by atomic mass is 16.5. The summed E-state index contributed by atoms with van der Waals surface area (Å²) in [6.07, 6.45) is 0. The highest BCUT2D eigenvalue weighted by Gasteiger charge is 2.38. The van der Waals surface area contributed by atoms with Crippen molar-refractivity contribution in [2.75, 3.05) is 53.3 Å². The Labute approximate surface area is 252 Å². The second kappa shape index (κ2) is 11.8. The van der Waals surface area contributed by atoms with Crippen molar-refractivity contribution in [1.82, 2.24) is 0 Å². The molecule has 0 aromatic heterocycles. The Morgan fingerprint density at radius 3 is 1.07 bits per heavy atom. The molecule has 0 bridgehead atoms. The maximum Gasteiger partial charge on any atom is 0.200 e. The molecule has 4 aromatic rings. The van der Waals surface area contributed by atoms with Gasteiger partial charge in [0.1, 0.15) is 57.4 Å². The van der Waals surface area contributed by atoms with Gasteiger partial charge < -0.3 is 49.3 Å². The topological polar surface area (TPSA) is 154 Å². The van der Waals surface area contributed by atoms with E-state index in [0.29, 0.717) is 45.9 Å². The van der Waals surface area contributed by atoms with Gasteiger partial charge in [0.05, 0.1) is 76.3 Å². The van der Waals surface area contributed by atoms with Crippen LogP contribution in [0.3, 0.4) is 0 Å². The van der Waals surface area contributed by atoms with E-state index >= 15 is 0 Å². The number of methoxy groups -OCH3 is 6. The van der Waals surface area contributed by atoms with Crippen molar-refractivity contribution < 1.29 is 48.2 Å². The lowest BCUT2D eigenvalue weighted by molar-refractivity contribution is 0.0975. The monoisotopic (exact) mass is 602 g/mol. The molecule has 1 aliphatic carbocycles. The Bertz CT molecular complexity index is 1620. The number of carbonyl (C=O) groups is 2. The molecule has 12 heteroatoms. The molecule has 0 fully saturated rings. The largest absolute Gasteiger partial charge is 0.507 e. The van der Waals surface area contributed by atoms with E-state index < -0.39 is 23.1 Å². The first-order valence-electron chi connectivity index (χ1n) is 13.2. The van der Waals surface area contributed by atoms with Crippen molar-refractivity contribution >= 4 is 34.3 Å². The summed E-state index contributed by atoms with van der Waals surface area (Å²) in [5.74, 6) is 0.00568. The van der Waals surface area contributed by atoms with Crippen LogP contribution in [0.4, 0.5) is 22.7 Å². The number of benzene rings is 4. The van der Waals surface area contributed by atoms with Crippen LogP contribution in [0.2, 0.25) is 0 Å². The van der Waals surface area contributed by atoms with Crippen molar-refractivity contribution in [1.29, 1.82) is 0 Å². The fraction of sp³-hybridized carbons (Fsp3) is 0.188. The molecule has 4 aromatic carbocycles. The number of aromatic hydroxyl groups is 2. The van der Waals surface area contributed by atoms with Crippen LogP contribution in [0.15, 0.2) is 48.5 Å². The summed E-state index contributed by atoms with van der Waals surface area (Å²) in [5.41, 5.74) is 0.229. The van der Waals surface area contributed by atoms with Crippen molar-refractivity contribution in [3.63, 3.8) is 0 Å². The highest BCUT2D eigenvalue weighted by molar-refractivity contribution is 6.33. The number of hydrogen-bond acceptors (Lipinski definition) is 12. The Balaban J connectivity index is 1.67. The third kappa shape index (κ3) is 4.85. The summed E-state index contributed by atoms with van der Waals surface area (Å²) in [6, 6.07) is 11.9. The van der Waals surface area contributed by atoms with Crippen LogP contribution in [0, 0.1) is 0 Å². The lowest BCUT2D eigenvalue weighted by atomic mass is 9.81. The van der Waals surface area contributed by atoms with Crippen LogP contribution in [0.5, 0.6) is 46.0 Å². The van der Waals surface area contributed by atoms with Gasteiger partial charge in [-0.2, -0.15) is 0 Å². The number of hydrogen-bond donors (Lipinski definition) is 4. The third-order valence-electron chi connectivity index (χ3n) is 7.22. The molecule has 0 amide bonds. The first-order valence-corrected chi connectivity index (χ1v) is 13.2. The van der Waals surface area contributed by atoms with Gasteiger partial charge in [-0.3, -0.25) is 9.59 Å². The van der Waals surface area contributed by atoms with E-state index in [0.717, 1.165) is 0 Å². The number of fused-ring (bicyclic) bond motifs is 2. The number of phenols is 2. The smallest absolute Gasteiger partial charge is 0.200 e. The van der Waals surface area contributed by atoms with Crippen molar-refractivity contribution in [2.45, 2.75) is 0 Å². The van der Waals surface area contributed by atoms with Gasteiger partial charge in [0, 0.05) is 24.3 Å². The second-order valence-electron chi connectivity index (χ2n) is 9.49. The number of carbonyl (C=O) groups excluding carboxylic acids is 2. The standard InChI is InChI=1S/C32H30N2O10/c1-39-15-11-21(41-3)29(22(12-15)42-4)33-17-7-9-19(35)27-25(17)31(37)28-20(36)10-8-18(26(28)32(27)38)34-30-23(43-5)13-16(40-2)14-24(30)44-6/h7-14,33-36H,1-6H3. The molecule has 0 spiro atoms. The molecule has 0 saturated heterocycles. The Hall–Kier alpha value is -5.78. The minimum absolute atomic E-state index is 0.144. The summed E-state index contributed by atoms with van der Waals surface area (Å²) in [7, 11) is 8.81. The molecule has 0 saturated carbocycles. The lowest BCUT2D eigenvalue weighted by Gasteiger charge is -2.26. The predicted molar refractivity (Wildman–Crippen MR) is 162 cm³/mol. The summed E-state index contributed by atoms with van der Waals surface area (Å²) < 4.78 is 32.7. The van der Waals surface area contributed by atoms with Crippen LogP contribution < -0.4 is 39.1 Å². The van der Waals surface area contributed by atoms with Crippen molar-refractivity contribution in [2.24, 2.45) is 0 Å². The van der Waals surface area contributed by atoms with Crippen LogP contribution in [-0.4, -0.2) is 64.4 Å². The number of ether oxygens (including phenoxy) is 6. The summed E-state index contributed by atoms with van der Waals surface area (Å²) >= 11 is 0. The van der Waals surface area contributed by atoms with E-state index in [1.165, 1.54) is 66.9 Å².